The molecule has 1 saturated carbocycles. The third-order valence-corrected chi connectivity index (χ3v) is 4.07. The van der Waals surface area contributed by atoms with Crippen molar-refractivity contribution in [1.82, 2.24) is 5.32 Å². The summed E-state index contributed by atoms with van der Waals surface area (Å²) in [7, 11) is 0. The van der Waals surface area contributed by atoms with Crippen molar-refractivity contribution in [2.75, 3.05) is 18.5 Å². The van der Waals surface area contributed by atoms with Gasteiger partial charge in [-0.2, -0.15) is 0 Å². The number of ether oxygens (including phenoxy) is 1. The molecule has 2 amide bonds. The molecule has 136 valence electrons. The van der Waals surface area contributed by atoms with E-state index in [1.165, 1.54) is 12.1 Å². The summed E-state index contributed by atoms with van der Waals surface area (Å²) in [4.78, 5) is 23.6. The van der Waals surface area contributed by atoms with Crippen molar-refractivity contribution in [3.63, 3.8) is 0 Å². The van der Waals surface area contributed by atoms with Gasteiger partial charge in [0.25, 0.3) is 5.91 Å². The van der Waals surface area contributed by atoms with Gasteiger partial charge in [0.1, 0.15) is 11.6 Å². The van der Waals surface area contributed by atoms with Crippen molar-refractivity contribution in [1.29, 1.82) is 0 Å². The Morgan fingerprint density at radius 1 is 1.12 bits per heavy atom. The second-order valence-corrected chi connectivity index (χ2v) is 6.31. The number of amides is 2. The number of carbonyl (C=O) groups excluding carboxylic acids is 2. The molecule has 3 rings (SSSR count). The molecule has 6 heteroatoms. The summed E-state index contributed by atoms with van der Waals surface area (Å²) in [5.74, 6) is 0.167. The van der Waals surface area contributed by atoms with Crippen LogP contribution in [0, 0.1) is 11.7 Å². The highest BCUT2D eigenvalue weighted by molar-refractivity contribution is 5.94. The minimum absolute atomic E-state index is 0.0284. The number of rotatable bonds is 8. The molecule has 0 heterocycles. The van der Waals surface area contributed by atoms with E-state index in [0.717, 1.165) is 18.4 Å². The summed E-state index contributed by atoms with van der Waals surface area (Å²) >= 11 is 0. The highest BCUT2D eigenvalue weighted by Crippen LogP contribution is 2.30. The Bertz CT molecular complexity index is 773. The number of anilines is 1. The SMILES string of the molecule is O=C(COc1cccc(NC(=O)C2CC2)c1)NCCc1ccc(F)cc1. The molecule has 0 bridgehead atoms. The van der Waals surface area contributed by atoms with E-state index in [1.807, 2.05) is 0 Å². The third kappa shape index (κ3) is 5.58. The summed E-state index contributed by atoms with van der Waals surface area (Å²) in [5.41, 5.74) is 1.61. The highest BCUT2D eigenvalue weighted by atomic mass is 19.1. The van der Waals surface area contributed by atoms with E-state index in [4.69, 9.17) is 4.74 Å². The minimum Gasteiger partial charge on any atom is -0.484 e. The fraction of sp³-hybridized carbons (Fsp3) is 0.300. The fourth-order valence-electron chi connectivity index (χ4n) is 2.45. The van der Waals surface area contributed by atoms with Gasteiger partial charge in [-0.15, -0.1) is 0 Å². The zero-order valence-corrected chi connectivity index (χ0v) is 14.3. The molecular formula is C20H21FN2O3. The van der Waals surface area contributed by atoms with Crippen LogP contribution in [0.1, 0.15) is 18.4 Å². The molecule has 0 atom stereocenters. The van der Waals surface area contributed by atoms with Crippen LogP contribution in [0.15, 0.2) is 48.5 Å². The van der Waals surface area contributed by atoms with E-state index in [0.29, 0.717) is 24.4 Å². The van der Waals surface area contributed by atoms with Gasteiger partial charge in [0.05, 0.1) is 0 Å². The first-order valence-corrected chi connectivity index (χ1v) is 8.65. The molecule has 5 nitrogen and oxygen atoms in total. The molecule has 26 heavy (non-hydrogen) atoms. The highest BCUT2D eigenvalue weighted by Gasteiger charge is 2.29. The lowest BCUT2D eigenvalue weighted by atomic mass is 10.1. The molecule has 0 radical (unpaired) electrons. The molecule has 2 aromatic rings. The normalized spacial score (nSPS) is 13.1. The molecule has 2 aromatic carbocycles. The van der Waals surface area contributed by atoms with Gasteiger partial charge in [-0.1, -0.05) is 18.2 Å². The Hall–Kier alpha value is -2.89. The predicted octanol–water partition coefficient (Wildman–Crippen LogP) is 2.91. The van der Waals surface area contributed by atoms with E-state index in [-0.39, 0.29) is 30.2 Å². The van der Waals surface area contributed by atoms with Crippen molar-refractivity contribution in [2.45, 2.75) is 19.3 Å². The monoisotopic (exact) mass is 356 g/mol. The van der Waals surface area contributed by atoms with Gasteiger partial charge in [0.2, 0.25) is 5.91 Å². The Kier molecular flexibility index (Phi) is 5.84. The molecular weight excluding hydrogens is 335 g/mol. The van der Waals surface area contributed by atoms with Crippen LogP contribution in [0.3, 0.4) is 0 Å². The van der Waals surface area contributed by atoms with Gasteiger partial charge in [0, 0.05) is 24.2 Å². The van der Waals surface area contributed by atoms with Crippen molar-refractivity contribution in [2.24, 2.45) is 5.92 Å². The molecule has 0 aliphatic heterocycles. The van der Waals surface area contributed by atoms with Crippen molar-refractivity contribution in [3.8, 4) is 5.75 Å². The number of hydrogen-bond donors (Lipinski definition) is 2. The largest absolute Gasteiger partial charge is 0.484 e. The summed E-state index contributed by atoms with van der Waals surface area (Å²) in [5, 5.41) is 5.60. The zero-order valence-electron chi connectivity index (χ0n) is 14.3. The Morgan fingerprint density at radius 3 is 2.62 bits per heavy atom. The lowest BCUT2D eigenvalue weighted by Crippen LogP contribution is -2.30. The molecule has 1 fully saturated rings. The lowest BCUT2D eigenvalue weighted by molar-refractivity contribution is -0.123. The van der Waals surface area contributed by atoms with Crippen LogP contribution in [0.2, 0.25) is 0 Å². The van der Waals surface area contributed by atoms with Crippen LogP contribution in [0.4, 0.5) is 10.1 Å². The van der Waals surface area contributed by atoms with Crippen LogP contribution >= 0.6 is 0 Å². The third-order valence-electron chi connectivity index (χ3n) is 4.07. The Balaban J connectivity index is 1.39. The van der Waals surface area contributed by atoms with E-state index >= 15 is 0 Å². The summed E-state index contributed by atoms with van der Waals surface area (Å²) in [6, 6.07) is 13.2. The van der Waals surface area contributed by atoms with E-state index < -0.39 is 0 Å². The zero-order chi connectivity index (χ0) is 18.4. The van der Waals surface area contributed by atoms with Gasteiger partial charge < -0.3 is 15.4 Å². The number of carbonyl (C=O) groups is 2. The first-order valence-electron chi connectivity index (χ1n) is 8.65. The van der Waals surface area contributed by atoms with Crippen LogP contribution < -0.4 is 15.4 Å². The number of nitrogens with one attached hydrogen (secondary N) is 2. The second kappa shape index (κ2) is 8.47. The standard InChI is InChI=1S/C20H21FN2O3/c21-16-8-4-14(5-9-16)10-11-22-19(24)13-26-18-3-1-2-17(12-18)23-20(25)15-6-7-15/h1-5,8-9,12,15H,6-7,10-11,13H2,(H,22,24)(H,23,25). The molecule has 0 unspecified atom stereocenters. The number of halogens is 1. The Labute approximate surface area is 151 Å². The van der Waals surface area contributed by atoms with Crippen molar-refractivity contribution < 1.29 is 18.7 Å². The van der Waals surface area contributed by atoms with Crippen LogP contribution in [0.25, 0.3) is 0 Å². The van der Waals surface area contributed by atoms with E-state index in [9.17, 15) is 14.0 Å². The van der Waals surface area contributed by atoms with Gasteiger partial charge in [0.15, 0.2) is 6.61 Å². The molecule has 1 aliphatic rings. The first kappa shape index (κ1) is 17.9. The quantitative estimate of drug-likeness (QED) is 0.764. The summed E-state index contributed by atoms with van der Waals surface area (Å²) < 4.78 is 18.3. The van der Waals surface area contributed by atoms with Crippen molar-refractivity contribution >= 4 is 17.5 Å². The smallest absolute Gasteiger partial charge is 0.257 e. The average Bonchev–Trinajstić information content (AvgIpc) is 3.47. The molecule has 0 saturated heterocycles. The maximum atomic E-state index is 12.8. The predicted molar refractivity (Wildman–Crippen MR) is 96.4 cm³/mol. The van der Waals surface area contributed by atoms with E-state index in [2.05, 4.69) is 10.6 Å². The first-order chi connectivity index (χ1) is 12.6. The average molecular weight is 356 g/mol. The molecule has 0 aromatic heterocycles. The second-order valence-electron chi connectivity index (χ2n) is 6.31. The lowest BCUT2D eigenvalue weighted by Gasteiger charge is -2.09. The van der Waals surface area contributed by atoms with Crippen LogP contribution in [-0.4, -0.2) is 25.0 Å². The topological polar surface area (TPSA) is 67.4 Å². The minimum atomic E-state index is -0.276. The fourth-order valence-corrected chi connectivity index (χ4v) is 2.45. The number of hydrogen-bond acceptors (Lipinski definition) is 3. The van der Waals surface area contributed by atoms with Gasteiger partial charge in [-0.25, -0.2) is 4.39 Å². The van der Waals surface area contributed by atoms with Crippen molar-refractivity contribution in [3.05, 3.63) is 59.9 Å². The van der Waals surface area contributed by atoms with Gasteiger partial charge in [-0.05, 0) is 49.1 Å². The molecule has 1 aliphatic carbocycles. The van der Waals surface area contributed by atoms with Crippen LogP contribution in [0.5, 0.6) is 5.75 Å². The van der Waals surface area contributed by atoms with Crippen LogP contribution in [-0.2, 0) is 16.0 Å². The number of benzene rings is 2. The molecule has 2 N–H and O–H groups in total. The van der Waals surface area contributed by atoms with Gasteiger partial charge in [-0.3, -0.25) is 9.59 Å². The summed E-state index contributed by atoms with van der Waals surface area (Å²) in [6.45, 7) is 0.342. The molecule has 0 spiro atoms. The summed E-state index contributed by atoms with van der Waals surface area (Å²) in [6.07, 6.45) is 2.51. The maximum Gasteiger partial charge on any atom is 0.257 e. The Morgan fingerprint density at radius 2 is 1.88 bits per heavy atom. The van der Waals surface area contributed by atoms with Gasteiger partial charge >= 0.3 is 0 Å². The maximum absolute atomic E-state index is 12.8. The van der Waals surface area contributed by atoms with E-state index in [1.54, 1.807) is 36.4 Å².